The van der Waals surface area contributed by atoms with Crippen molar-refractivity contribution >= 4 is 21.6 Å². The Balaban J connectivity index is 2.11. The molecule has 0 aliphatic rings. The third kappa shape index (κ3) is 3.61. The minimum Gasteiger partial charge on any atom is -0.306 e. The van der Waals surface area contributed by atoms with E-state index in [4.69, 9.17) is 0 Å². The van der Waals surface area contributed by atoms with Crippen LogP contribution in [0.5, 0.6) is 0 Å². The van der Waals surface area contributed by atoms with Gasteiger partial charge in [-0.3, -0.25) is 15.1 Å². The zero-order chi connectivity index (χ0) is 14.5. The lowest BCUT2D eigenvalue weighted by atomic mass is 10.1. The summed E-state index contributed by atoms with van der Waals surface area (Å²) in [6, 6.07) is 8.86. The minimum absolute atomic E-state index is 0.0716. The fourth-order valence-corrected chi connectivity index (χ4v) is 2.30. The van der Waals surface area contributed by atoms with Crippen LogP contribution in [0.4, 0.5) is 5.69 Å². The molecule has 0 amide bonds. The molecule has 0 fully saturated rings. The van der Waals surface area contributed by atoms with E-state index in [-0.39, 0.29) is 16.7 Å². The molecule has 0 unspecified atom stereocenters. The van der Waals surface area contributed by atoms with Gasteiger partial charge in [0.25, 0.3) is 5.69 Å². The van der Waals surface area contributed by atoms with Gasteiger partial charge in [-0.05, 0) is 30.7 Å². The largest absolute Gasteiger partial charge is 0.306 e. The molecule has 1 atom stereocenters. The second-order valence-corrected chi connectivity index (χ2v) is 5.33. The highest BCUT2D eigenvalue weighted by atomic mass is 79.9. The fraction of sp³-hybridized carbons (Fsp3) is 0.214. The molecular weight excluding hydrogens is 322 g/mol. The number of halogens is 1. The van der Waals surface area contributed by atoms with E-state index in [9.17, 15) is 10.1 Å². The maximum absolute atomic E-state index is 11.0. The Bertz CT molecular complexity index is 605. The third-order valence-corrected chi connectivity index (χ3v) is 3.51. The molecule has 0 aliphatic carbocycles. The van der Waals surface area contributed by atoms with E-state index in [1.165, 1.54) is 6.07 Å². The van der Waals surface area contributed by atoms with Crippen LogP contribution in [0, 0.1) is 10.1 Å². The van der Waals surface area contributed by atoms with Gasteiger partial charge in [-0.25, -0.2) is 0 Å². The van der Waals surface area contributed by atoms with E-state index < -0.39 is 0 Å². The first-order chi connectivity index (χ1) is 9.58. The zero-order valence-electron chi connectivity index (χ0n) is 10.9. The van der Waals surface area contributed by atoms with Crippen LogP contribution in [0.25, 0.3) is 0 Å². The van der Waals surface area contributed by atoms with Crippen molar-refractivity contribution in [1.29, 1.82) is 0 Å². The predicted octanol–water partition coefficient (Wildman–Crippen LogP) is 3.60. The van der Waals surface area contributed by atoms with Crippen LogP contribution in [0.3, 0.4) is 0 Å². The SMILES string of the molecule is C[C@@H](NCc1cc(Br)ccc1[N+](=O)[O-])c1cccnc1. The molecule has 0 bridgehead atoms. The summed E-state index contributed by atoms with van der Waals surface area (Å²) in [6.45, 7) is 2.42. The lowest BCUT2D eigenvalue weighted by molar-refractivity contribution is -0.385. The van der Waals surface area contributed by atoms with Crippen LogP contribution in [0.2, 0.25) is 0 Å². The molecule has 0 spiro atoms. The van der Waals surface area contributed by atoms with E-state index >= 15 is 0 Å². The highest BCUT2D eigenvalue weighted by Crippen LogP contribution is 2.23. The van der Waals surface area contributed by atoms with Gasteiger partial charge in [0.05, 0.1) is 4.92 Å². The average Bonchev–Trinajstić information content (AvgIpc) is 2.45. The van der Waals surface area contributed by atoms with Crippen molar-refractivity contribution < 1.29 is 4.92 Å². The molecule has 20 heavy (non-hydrogen) atoms. The molecule has 0 aliphatic heterocycles. The topological polar surface area (TPSA) is 68.1 Å². The molecule has 6 heteroatoms. The lowest BCUT2D eigenvalue weighted by Gasteiger charge is -2.14. The molecule has 0 saturated carbocycles. The predicted molar refractivity (Wildman–Crippen MR) is 80.3 cm³/mol. The molecule has 1 heterocycles. The second-order valence-electron chi connectivity index (χ2n) is 4.42. The Morgan fingerprint density at radius 2 is 2.25 bits per heavy atom. The summed E-state index contributed by atoms with van der Waals surface area (Å²) in [6.07, 6.45) is 3.50. The van der Waals surface area contributed by atoms with Crippen LogP contribution in [0.1, 0.15) is 24.1 Å². The maximum atomic E-state index is 11.0. The Kier molecular flexibility index (Phi) is 4.81. The van der Waals surface area contributed by atoms with Gasteiger partial charge >= 0.3 is 0 Å². The van der Waals surface area contributed by atoms with E-state index in [0.29, 0.717) is 12.1 Å². The van der Waals surface area contributed by atoms with Crippen molar-refractivity contribution in [3.63, 3.8) is 0 Å². The highest BCUT2D eigenvalue weighted by Gasteiger charge is 2.14. The van der Waals surface area contributed by atoms with Gasteiger partial charge in [-0.2, -0.15) is 0 Å². The normalized spacial score (nSPS) is 12.1. The summed E-state index contributed by atoms with van der Waals surface area (Å²) in [4.78, 5) is 14.7. The van der Waals surface area contributed by atoms with Crippen molar-refractivity contribution in [2.45, 2.75) is 19.5 Å². The first-order valence-electron chi connectivity index (χ1n) is 6.14. The monoisotopic (exact) mass is 335 g/mol. The number of hydrogen-bond donors (Lipinski definition) is 1. The number of aromatic nitrogens is 1. The summed E-state index contributed by atoms with van der Waals surface area (Å²) < 4.78 is 0.828. The van der Waals surface area contributed by atoms with Crippen molar-refractivity contribution in [1.82, 2.24) is 10.3 Å². The lowest BCUT2D eigenvalue weighted by Crippen LogP contribution is -2.18. The second kappa shape index (κ2) is 6.58. The molecule has 104 valence electrons. The zero-order valence-corrected chi connectivity index (χ0v) is 12.5. The van der Waals surface area contributed by atoms with E-state index in [0.717, 1.165) is 10.0 Å². The van der Waals surface area contributed by atoms with E-state index in [2.05, 4.69) is 26.2 Å². The van der Waals surface area contributed by atoms with Gasteiger partial charge in [0, 0.05) is 41.1 Å². The number of nitrogens with one attached hydrogen (secondary N) is 1. The smallest absolute Gasteiger partial charge is 0.273 e. The molecule has 2 rings (SSSR count). The molecule has 0 radical (unpaired) electrons. The van der Waals surface area contributed by atoms with Crippen molar-refractivity contribution in [3.8, 4) is 0 Å². The number of hydrogen-bond acceptors (Lipinski definition) is 4. The molecule has 1 N–H and O–H groups in total. The summed E-state index contributed by atoms with van der Waals surface area (Å²) >= 11 is 3.34. The quantitative estimate of drug-likeness (QED) is 0.669. The van der Waals surface area contributed by atoms with Crippen LogP contribution in [-0.4, -0.2) is 9.91 Å². The Morgan fingerprint density at radius 1 is 1.45 bits per heavy atom. The minimum atomic E-state index is -0.363. The van der Waals surface area contributed by atoms with Crippen LogP contribution < -0.4 is 5.32 Å². The Hall–Kier alpha value is -1.79. The van der Waals surface area contributed by atoms with E-state index in [1.807, 2.05) is 19.1 Å². The number of pyridine rings is 1. The molecule has 2 aromatic rings. The van der Waals surface area contributed by atoms with Gasteiger partial charge < -0.3 is 5.32 Å². The average molecular weight is 336 g/mol. The number of nitro benzene ring substituents is 1. The molecule has 5 nitrogen and oxygen atoms in total. The molecule has 1 aromatic heterocycles. The van der Waals surface area contributed by atoms with Crippen molar-refractivity contribution in [2.24, 2.45) is 0 Å². The highest BCUT2D eigenvalue weighted by molar-refractivity contribution is 9.10. The summed E-state index contributed by atoms with van der Waals surface area (Å²) in [7, 11) is 0. The third-order valence-electron chi connectivity index (χ3n) is 3.02. The first-order valence-corrected chi connectivity index (χ1v) is 6.93. The fourth-order valence-electron chi connectivity index (χ4n) is 1.89. The van der Waals surface area contributed by atoms with Gasteiger partial charge in [0.2, 0.25) is 0 Å². The summed E-state index contributed by atoms with van der Waals surface area (Å²) in [5, 5.41) is 14.3. The maximum Gasteiger partial charge on any atom is 0.273 e. The standard InChI is InChI=1S/C14H14BrN3O2/c1-10(11-3-2-6-16-8-11)17-9-12-7-13(15)4-5-14(12)18(19)20/h2-8,10,17H,9H2,1H3/t10-/m1/s1. The first kappa shape index (κ1) is 14.6. The van der Waals surface area contributed by atoms with Gasteiger partial charge in [0.15, 0.2) is 0 Å². The van der Waals surface area contributed by atoms with Crippen molar-refractivity contribution in [3.05, 3.63) is 68.4 Å². The summed E-state index contributed by atoms with van der Waals surface area (Å²) in [5.41, 5.74) is 1.82. The van der Waals surface area contributed by atoms with Crippen LogP contribution in [0.15, 0.2) is 47.2 Å². The molecule has 0 saturated heterocycles. The van der Waals surface area contributed by atoms with Gasteiger partial charge in [-0.1, -0.05) is 22.0 Å². The Morgan fingerprint density at radius 3 is 2.90 bits per heavy atom. The van der Waals surface area contributed by atoms with Gasteiger partial charge in [0.1, 0.15) is 0 Å². The van der Waals surface area contributed by atoms with Crippen LogP contribution in [-0.2, 0) is 6.54 Å². The number of nitrogens with zero attached hydrogens (tertiary/aromatic N) is 2. The number of rotatable bonds is 5. The Labute approximate surface area is 125 Å². The number of nitro groups is 1. The summed E-state index contributed by atoms with van der Waals surface area (Å²) in [5.74, 6) is 0. The van der Waals surface area contributed by atoms with Crippen molar-refractivity contribution in [2.75, 3.05) is 0 Å². The molecular formula is C14H14BrN3O2. The van der Waals surface area contributed by atoms with Gasteiger partial charge in [-0.15, -0.1) is 0 Å². The van der Waals surface area contributed by atoms with Crippen LogP contribution >= 0.6 is 15.9 Å². The number of benzene rings is 1. The molecule has 1 aromatic carbocycles. The van der Waals surface area contributed by atoms with E-state index in [1.54, 1.807) is 24.5 Å².